The van der Waals surface area contributed by atoms with Crippen molar-refractivity contribution in [2.75, 3.05) is 5.32 Å². The Morgan fingerprint density at radius 2 is 1.85 bits per heavy atom. The second kappa shape index (κ2) is 6.00. The van der Waals surface area contributed by atoms with Crippen LogP contribution in [0.25, 0.3) is 0 Å². The lowest BCUT2D eigenvalue weighted by Gasteiger charge is -2.10. The zero-order valence-electron chi connectivity index (χ0n) is 10.3. The Labute approximate surface area is 122 Å². The number of rotatable bonds is 4. The number of hydrogen-bond donors (Lipinski definition) is 2. The molecule has 0 aliphatic rings. The molecule has 3 N–H and O–H groups in total. The average molecular weight is 341 g/mol. The Balaban J connectivity index is 2.20. The SMILES string of the molecule is NC(=O)c1ccc(F)c(NCc2cc(Br)ccc2F)c1. The Morgan fingerprint density at radius 1 is 1.15 bits per heavy atom. The number of primary amides is 1. The molecule has 0 saturated heterocycles. The topological polar surface area (TPSA) is 55.1 Å². The van der Waals surface area contributed by atoms with Gasteiger partial charge in [-0.2, -0.15) is 0 Å². The van der Waals surface area contributed by atoms with Crippen molar-refractivity contribution >= 4 is 27.5 Å². The van der Waals surface area contributed by atoms with Gasteiger partial charge in [0, 0.05) is 22.1 Å². The normalized spacial score (nSPS) is 10.3. The van der Waals surface area contributed by atoms with Gasteiger partial charge < -0.3 is 11.1 Å². The summed E-state index contributed by atoms with van der Waals surface area (Å²) in [6.07, 6.45) is 0. The van der Waals surface area contributed by atoms with Gasteiger partial charge in [0.1, 0.15) is 11.6 Å². The van der Waals surface area contributed by atoms with Crippen molar-refractivity contribution in [3.63, 3.8) is 0 Å². The number of carbonyl (C=O) groups is 1. The summed E-state index contributed by atoms with van der Waals surface area (Å²) < 4.78 is 27.9. The molecule has 0 spiro atoms. The number of halogens is 3. The molecule has 0 aliphatic carbocycles. The molecule has 2 aromatic carbocycles. The standard InChI is InChI=1S/C14H11BrF2N2O/c15-10-2-4-11(16)9(5-10)7-19-13-6-8(14(18)20)1-3-12(13)17/h1-6,19H,7H2,(H2,18,20). The number of carbonyl (C=O) groups excluding carboxylic acids is 1. The maximum atomic E-state index is 13.6. The maximum absolute atomic E-state index is 13.6. The summed E-state index contributed by atoms with van der Waals surface area (Å²) in [4.78, 5) is 11.0. The van der Waals surface area contributed by atoms with E-state index in [1.807, 2.05) is 0 Å². The molecule has 0 aromatic heterocycles. The van der Waals surface area contributed by atoms with Gasteiger partial charge in [0.05, 0.1) is 5.69 Å². The van der Waals surface area contributed by atoms with E-state index in [2.05, 4.69) is 21.2 Å². The maximum Gasteiger partial charge on any atom is 0.248 e. The van der Waals surface area contributed by atoms with Gasteiger partial charge in [-0.3, -0.25) is 4.79 Å². The third-order valence-corrected chi connectivity index (χ3v) is 3.22. The van der Waals surface area contributed by atoms with E-state index in [4.69, 9.17) is 5.73 Å². The molecule has 0 saturated carbocycles. The van der Waals surface area contributed by atoms with Crippen molar-refractivity contribution in [3.8, 4) is 0 Å². The van der Waals surface area contributed by atoms with E-state index in [1.54, 1.807) is 12.1 Å². The monoisotopic (exact) mass is 340 g/mol. The molecule has 104 valence electrons. The van der Waals surface area contributed by atoms with Crippen LogP contribution >= 0.6 is 15.9 Å². The van der Waals surface area contributed by atoms with Crippen LogP contribution in [0.5, 0.6) is 0 Å². The first-order valence-corrected chi connectivity index (χ1v) is 6.54. The van der Waals surface area contributed by atoms with Crippen LogP contribution in [-0.2, 0) is 6.54 Å². The first-order valence-electron chi connectivity index (χ1n) is 5.74. The summed E-state index contributed by atoms with van der Waals surface area (Å²) in [7, 11) is 0. The van der Waals surface area contributed by atoms with Gasteiger partial charge in [-0.05, 0) is 36.4 Å². The van der Waals surface area contributed by atoms with Gasteiger partial charge in [0.25, 0.3) is 0 Å². The molecule has 20 heavy (non-hydrogen) atoms. The van der Waals surface area contributed by atoms with E-state index < -0.39 is 17.5 Å². The van der Waals surface area contributed by atoms with Crippen LogP contribution in [0.4, 0.5) is 14.5 Å². The van der Waals surface area contributed by atoms with Crippen molar-refractivity contribution < 1.29 is 13.6 Å². The summed E-state index contributed by atoms with van der Waals surface area (Å²) in [5, 5.41) is 2.75. The second-order valence-electron chi connectivity index (χ2n) is 4.15. The molecule has 1 amide bonds. The number of nitrogens with one attached hydrogen (secondary N) is 1. The highest BCUT2D eigenvalue weighted by atomic mass is 79.9. The molecule has 0 heterocycles. The molecule has 3 nitrogen and oxygen atoms in total. The second-order valence-corrected chi connectivity index (χ2v) is 5.06. The number of anilines is 1. The molecular formula is C14H11BrF2N2O. The zero-order valence-corrected chi connectivity index (χ0v) is 11.9. The van der Waals surface area contributed by atoms with E-state index >= 15 is 0 Å². The molecule has 2 aromatic rings. The molecule has 0 atom stereocenters. The highest BCUT2D eigenvalue weighted by Gasteiger charge is 2.08. The third kappa shape index (κ3) is 3.33. The molecule has 0 bridgehead atoms. The van der Waals surface area contributed by atoms with Gasteiger partial charge in [-0.1, -0.05) is 15.9 Å². The van der Waals surface area contributed by atoms with E-state index in [1.165, 1.54) is 18.2 Å². The van der Waals surface area contributed by atoms with Crippen molar-refractivity contribution in [1.29, 1.82) is 0 Å². The summed E-state index contributed by atoms with van der Waals surface area (Å²) in [6, 6.07) is 8.22. The number of hydrogen-bond acceptors (Lipinski definition) is 2. The van der Waals surface area contributed by atoms with Crippen LogP contribution < -0.4 is 11.1 Å². The van der Waals surface area contributed by atoms with Gasteiger partial charge in [-0.15, -0.1) is 0 Å². The number of nitrogens with two attached hydrogens (primary N) is 1. The molecule has 2 rings (SSSR count). The molecule has 0 aliphatic heterocycles. The Bertz CT molecular complexity index is 662. The van der Waals surface area contributed by atoms with Crippen molar-refractivity contribution in [3.05, 3.63) is 63.6 Å². The largest absolute Gasteiger partial charge is 0.378 e. The van der Waals surface area contributed by atoms with Gasteiger partial charge in [-0.25, -0.2) is 8.78 Å². The van der Waals surface area contributed by atoms with Crippen LogP contribution in [0.2, 0.25) is 0 Å². The summed E-state index contributed by atoms with van der Waals surface area (Å²) >= 11 is 3.24. The van der Waals surface area contributed by atoms with Gasteiger partial charge in [0.2, 0.25) is 5.91 Å². The van der Waals surface area contributed by atoms with E-state index in [0.717, 1.165) is 10.5 Å². The minimum absolute atomic E-state index is 0.0877. The highest BCUT2D eigenvalue weighted by molar-refractivity contribution is 9.10. The van der Waals surface area contributed by atoms with Crippen molar-refractivity contribution in [2.45, 2.75) is 6.54 Å². The number of benzene rings is 2. The Morgan fingerprint density at radius 3 is 2.55 bits per heavy atom. The van der Waals surface area contributed by atoms with Gasteiger partial charge >= 0.3 is 0 Å². The fourth-order valence-corrected chi connectivity index (χ4v) is 2.09. The van der Waals surface area contributed by atoms with Crippen molar-refractivity contribution in [1.82, 2.24) is 0 Å². The quantitative estimate of drug-likeness (QED) is 0.895. The lowest BCUT2D eigenvalue weighted by molar-refractivity contribution is 0.100. The number of amides is 1. The molecule has 6 heteroatoms. The fraction of sp³-hybridized carbons (Fsp3) is 0.0714. The van der Waals surface area contributed by atoms with E-state index in [9.17, 15) is 13.6 Å². The minimum atomic E-state index is -0.651. The predicted molar refractivity (Wildman–Crippen MR) is 76.3 cm³/mol. The minimum Gasteiger partial charge on any atom is -0.378 e. The summed E-state index contributed by atoms with van der Waals surface area (Å²) in [6.45, 7) is 0.0877. The third-order valence-electron chi connectivity index (χ3n) is 2.73. The first-order chi connectivity index (χ1) is 9.47. The lowest BCUT2D eigenvalue weighted by atomic mass is 10.1. The van der Waals surface area contributed by atoms with Crippen LogP contribution in [0.3, 0.4) is 0 Å². The molecule has 0 unspecified atom stereocenters. The van der Waals surface area contributed by atoms with Crippen LogP contribution in [0.1, 0.15) is 15.9 Å². The average Bonchev–Trinajstić information content (AvgIpc) is 2.41. The Hall–Kier alpha value is -1.95. The van der Waals surface area contributed by atoms with E-state index in [0.29, 0.717) is 5.56 Å². The summed E-state index contributed by atoms with van der Waals surface area (Å²) in [5.74, 6) is -1.58. The fourth-order valence-electron chi connectivity index (χ4n) is 1.68. The molecule has 0 fully saturated rings. The summed E-state index contributed by atoms with van der Waals surface area (Å²) in [5.41, 5.74) is 5.79. The van der Waals surface area contributed by atoms with Crippen LogP contribution in [-0.4, -0.2) is 5.91 Å². The lowest BCUT2D eigenvalue weighted by Crippen LogP contribution is -2.12. The predicted octanol–water partition coefficient (Wildman–Crippen LogP) is 3.44. The highest BCUT2D eigenvalue weighted by Crippen LogP contribution is 2.20. The smallest absolute Gasteiger partial charge is 0.248 e. The zero-order chi connectivity index (χ0) is 14.7. The van der Waals surface area contributed by atoms with Crippen LogP contribution in [0.15, 0.2) is 40.9 Å². The first kappa shape index (κ1) is 14.5. The Kier molecular flexibility index (Phi) is 4.34. The van der Waals surface area contributed by atoms with Crippen LogP contribution in [0, 0.1) is 11.6 Å². The molecule has 0 radical (unpaired) electrons. The van der Waals surface area contributed by atoms with Gasteiger partial charge in [0.15, 0.2) is 0 Å². The van der Waals surface area contributed by atoms with Crippen molar-refractivity contribution in [2.24, 2.45) is 5.73 Å². The van der Waals surface area contributed by atoms with E-state index in [-0.39, 0.29) is 17.8 Å². The molecular weight excluding hydrogens is 330 g/mol.